The van der Waals surface area contributed by atoms with Crippen LogP contribution in [0.25, 0.3) is 0 Å². The van der Waals surface area contributed by atoms with E-state index in [-0.39, 0.29) is 22.5 Å². The van der Waals surface area contributed by atoms with Crippen LogP contribution in [0.2, 0.25) is 0 Å². The lowest BCUT2D eigenvalue weighted by atomic mass is 9.82. The van der Waals surface area contributed by atoms with Crippen LogP contribution in [0.1, 0.15) is 60.8 Å². The third-order valence-corrected chi connectivity index (χ3v) is 3.38. The van der Waals surface area contributed by atoms with Crippen LogP contribution in [0.4, 0.5) is 0 Å². The van der Waals surface area contributed by atoms with Crippen molar-refractivity contribution in [3.05, 3.63) is 12.2 Å². The molecule has 1 amide bonds. The molecule has 2 rings (SSSR count). The molecule has 0 aromatic carbocycles. The second-order valence-corrected chi connectivity index (χ2v) is 7.90. The lowest BCUT2D eigenvalue weighted by molar-refractivity contribution is -0.124. The van der Waals surface area contributed by atoms with E-state index in [1.54, 1.807) is 0 Å². The van der Waals surface area contributed by atoms with Crippen molar-refractivity contribution in [3.63, 3.8) is 0 Å². The fourth-order valence-corrected chi connectivity index (χ4v) is 3.11. The Bertz CT molecular complexity index is 398. The van der Waals surface area contributed by atoms with Gasteiger partial charge in [0, 0.05) is 35.0 Å². The molecular weight excluding hydrogens is 252 g/mol. The number of nitrogens with one attached hydrogen (secondary N) is 2. The molecule has 2 aliphatic rings. The molecule has 2 fully saturated rings. The van der Waals surface area contributed by atoms with Crippen LogP contribution in [0.3, 0.4) is 0 Å². The van der Waals surface area contributed by atoms with Crippen molar-refractivity contribution in [2.24, 2.45) is 0 Å². The van der Waals surface area contributed by atoms with E-state index in [2.05, 4.69) is 44.9 Å². The number of piperidine rings is 1. The summed E-state index contributed by atoms with van der Waals surface area (Å²) in [7, 11) is 0. The summed E-state index contributed by atoms with van der Waals surface area (Å²) in [5.41, 5.74) is 0.603. The smallest absolute Gasteiger partial charge is 0.247 e. The van der Waals surface area contributed by atoms with Gasteiger partial charge in [-0.15, -0.1) is 0 Å². The largest absolute Gasteiger partial charge is 0.347 e. The standard InChI is InChI=1S/C9H17NO.C7H11NO/c1-8(2)5-7(11)6-9(3,4)10-8;1-5-4-7(2,3)8-6(5)9/h10H,5-6H2,1-4H3;1,4H2,2-3H3,(H,8,9). The molecule has 4 nitrogen and oxygen atoms in total. The summed E-state index contributed by atoms with van der Waals surface area (Å²) in [5.74, 6) is 0.374. The zero-order chi connectivity index (χ0) is 15.8. The highest BCUT2D eigenvalue weighted by Crippen LogP contribution is 2.25. The SMILES string of the molecule is C=C1CC(C)(C)NC1=O.CC1(C)CC(=O)CC(C)(C)N1. The summed E-state index contributed by atoms with van der Waals surface area (Å²) in [6.45, 7) is 15.9. The van der Waals surface area contributed by atoms with Gasteiger partial charge >= 0.3 is 0 Å². The maximum absolute atomic E-state index is 11.3. The molecule has 2 heterocycles. The minimum absolute atomic E-state index is 0.000000000000000222. The van der Waals surface area contributed by atoms with E-state index < -0.39 is 0 Å². The minimum Gasteiger partial charge on any atom is -0.347 e. The number of rotatable bonds is 0. The zero-order valence-electron chi connectivity index (χ0n) is 13.6. The molecule has 2 N–H and O–H groups in total. The third-order valence-electron chi connectivity index (χ3n) is 3.38. The van der Waals surface area contributed by atoms with Gasteiger partial charge in [0.15, 0.2) is 0 Å². The molecule has 0 saturated carbocycles. The van der Waals surface area contributed by atoms with Gasteiger partial charge in [0.25, 0.3) is 0 Å². The Morgan fingerprint density at radius 2 is 1.30 bits per heavy atom. The average Bonchev–Trinajstić information content (AvgIpc) is 2.31. The summed E-state index contributed by atoms with van der Waals surface area (Å²) in [6.07, 6.45) is 2.10. The second kappa shape index (κ2) is 5.32. The first-order valence-electron chi connectivity index (χ1n) is 7.13. The Balaban J connectivity index is 0.000000204. The van der Waals surface area contributed by atoms with Crippen molar-refractivity contribution in [2.45, 2.75) is 77.4 Å². The van der Waals surface area contributed by atoms with Crippen LogP contribution >= 0.6 is 0 Å². The van der Waals surface area contributed by atoms with E-state index in [1.807, 2.05) is 13.8 Å². The molecule has 2 saturated heterocycles. The van der Waals surface area contributed by atoms with E-state index in [4.69, 9.17) is 0 Å². The highest BCUT2D eigenvalue weighted by molar-refractivity contribution is 5.96. The molecule has 2 aliphatic heterocycles. The Labute approximate surface area is 122 Å². The lowest BCUT2D eigenvalue weighted by Crippen LogP contribution is -2.58. The normalized spacial score (nSPS) is 26.6. The van der Waals surface area contributed by atoms with Gasteiger partial charge in [0.05, 0.1) is 0 Å². The Morgan fingerprint density at radius 1 is 0.850 bits per heavy atom. The molecule has 0 aliphatic carbocycles. The number of Topliss-reactive ketones (excluding diaryl/α,β-unsaturated/α-hetero) is 1. The van der Waals surface area contributed by atoms with Gasteiger partial charge in [-0.05, 0) is 48.0 Å². The topological polar surface area (TPSA) is 58.2 Å². The van der Waals surface area contributed by atoms with E-state index in [9.17, 15) is 9.59 Å². The lowest BCUT2D eigenvalue weighted by Gasteiger charge is -2.41. The first-order chi connectivity index (χ1) is 8.82. The highest BCUT2D eigenvalue weighted by atomic mass is 16.2. The van der Waals surface area contributed by atoms with Gasteiger partial charge < -0.3 is 10.6 Å². The van der Waals surface area contributed by atoms with Crippen molar-refractivity contribution in [1.29, 1.82) is 0 Å². The maximum atomic E-state index is 11.3. The number of carbonyl (C=O) groups excluding carboxylic acids is 2. The van der Waals surface area contributed by atoms with E-state index in [0.29, 0.717) is 24.2 Å². The van der Waals surface area contributed by atoms with Crippen LogP contribution in [-0.2, 0) is 9.59 Å². The molecule has 0 spiro atoms. The van der Waals surface area contributed by atoms with E-state index in [0.717, 1.165) is 6.42 Å². The number of amides is 1. The number of carbonyl (C=O) groups is 2. The van der Waals surface area contributed by atoms with Crippen molar-refractivity contribution >= 4 is 11.7 Å². The monoisotopic (exact) mass is 280 g/mol. The van der Waals surface area contributed by atoms with Crippen LogP contribution in [0, 0.1) is 0 Å². The van der Waals surface area contributed by atoms with Crippen LogP contribution in [0.5, 0.6) is 0 Å². The van der Waals surface area contributed by atoms with Gasteiger partial charge in [-0.1, -0.05) is 6.58 Å². The molecule has 4 heteroatoms. The van der Waals surface area contributed by atoms with Gasteiger partial charge in [-0.3, -0.25) is 9.59 Å². The number of hydrogen-bond donors (Lipinski definition) is 2. The fourth-order valence-electron chi connectivity index (χ4n) is 3.11. The quantitative estimate of drug-likeness (QED) is 0.670. The van der Waals surface area contributed by atoms with E-state index in [1.165, 1.54) is 0 Å². The predicted octanol–water partition coefficient (Wildman–Crippen LogP) is 2.34. The van der Waals surface area contributed by atoms with Gasteiger partial charge in [-0.25, -0.2) is 0 Å². The molecule has 0 radical (unpaired) electrons. The molecule has 20 heavy (non-hydrogen) atoms. The molecular formula is C16H28N2O2. The molecule has 0 aromatic rings. The fraction of sp³-hybridized carbons (Fsp3) is 0.750. The molecule has 0 aromatic heterocycles. The first-order valence-corrected chi connectivity index (χ1v) is 7.13. The van der Waals surface area contributed by atoms with Gasteiger partial charge in [-0.2, -0.15) is 0 Å². The van der Waals surface area contributed by atoms with Crippen molar-refractivity contribution in [2.75, 3.05) is 0 Å². The van der Waals surface area contributed by atoms with Crippen molar-refractivity contribution in [1.82, 2.24) is 10.6 Å². The zero-order valence-corrected chi connectivity index (χ0v) is 13.6. The van der Waals surface area contributed by atoms with Crippen molar-refractivity contribution in [3.8, 4) is 0 Å². The Hall–Kier alpha value is -1.16. The summed E-state index contributed by atoms with van der Waals surface area (Å²) in [5, 5.41) is 6.25. The van der Waals surface area contributed by atoms with Gasteiger partial charge in [0.2, 0.25) is 5.91 Å². The summed E-state index contributed by atoms with van der Waals surface area (Å²) in [6, 6.07) is 0. The average molecular weight is 280 g/mol. The van der Waals surface area contributed by atoms with Crippen LogP contribution < -0.4 is 10.6 Å². The summed E-state index contributed by atoms with van der Waals surface area (Å²) < 4.78 is 0. The number of ketones is 1. The van der Waals surface area contributed by atoms with Gasteiger partial charge in [0.1, 0.15) is 5.78 Å². The predicted molar refractivity (Wildman–Crippen MR) is 81.5 cm³/mol. The summed E-state index contributed by atoms with van der Waals surface area (Å²) >= 11 is 0. The molecule has 114 valence electrons. The maximum Gasteiger partial charge on any atom is 0.247 e. The second-order valence-electron chi connectivity index (χ2n) is 7.90. The van der Waals surface area contributed by atoms with Crippen LogP contribution in [0.15, 0.2) is 12.2 Å². The van der Waals surface area contributed by atoms with Crippen molar-refractivity contribution < 1.29 is 9.59 Å². The highest BCUT2D eigenvalue weighted by Gasteiger charge is 2.36. The Morgan fingerprint density at radius 3 is 1.50 bits per heavy atom. The van der Waals surface area contributed by atoms with E-state index >= 15 is 0 Å². The molecule has 0 unspecified atom stereocenters. The first kappa shape index (κ1) is 16.9. The number of hydrogen-bond acceptors (Lipinski definition) is 3. The third kappa shape index (κ3) is 5.08. The molecule has 0 bridgehead atoms. The Kier molecular flexibility index (Phi) is 4.49. The summed E-state index contributed by atoms with van der Waals surface area (Å²) in [4.78, 5) is 22.0. The minimum atomic E-state index is -0.0613. The van der Waals surface area contributed by atoms with Crippen LogP contribution in [-0.4, -0.2) is 28.3 Å². The molecule has 0 atom stereocenters.